The number of para-hydroxylation sites is 1. The summed E-state index contributed by atoms with van der Waals surface area (Å²) in [7, 11) is 0. The van der Waals surface area contributed by atoms with Crippen molar-refractivity contribution in [3.63, 3.8) is 0 Å². The summed E-state index contributed by atoms with van der Waals surface area (Å²) in [6.07, 6.45) is 4.89. The van der Waals surface area contributed by atoms with E-state index in [2.05, 4.69) is 63.6 Å². The molecule has 5 heteroatoms. The van der Waals surface area contributed by atoms with Gasteiger partial charge in [0.25, 0.3) is 0 Å². The highest BCUT2D eigenvalue weighted by atomic mass is 16.3. The first-order valence-electron chi connectivity index (χ1n) is 10.0. The van der Waals surface area contributed by atoms with E-state index < -0.39 is 0 Å². The topological polar surface area (TPSA) is 44.5 Å². The van der Waals surface area contributed by atoms with Crippen LogP contribution >= 0.6 is 0 Å². The molecule has 1 aromatic heterocycles. The van der Waals surface area contributed by atoms with Crippen molar-refractivity contribution < 1.29 is 5.11 Å². The minimum absolute atomic E-state index is 0.232. The maximum atomic E-state index is 9.55. The van der Waals surface area contributed by atoms with Crippen molar-refractivity contribution in [3.05, 3.63) is 84.2 Å². The molecule has 5 nitrogen and oxygen atoms in total. The first kappa shape index (κ1) is 18.9. The number of aliphatic hydroxyl groups is 1. The van der Waals surface area contributed by atoms with Crippen LogP contribution in [0.15, 0.2) is 73.1 Å². The predicted octanol–water partition coefficient (Wildman–Crippen LogP) is 2.94. The summed E-state index contributed by atoms with van der Waals surface area (Å²) in [5.41, 5.74) is 3.64. The Morgan fingerprint density at radius 1 is 0.893 bits per heavy atom. The molecule has 0 spiro atoms. The number of hydrogen-bond donors (Lipinski definition) is 1. The first-order chi connectivity index (χ1) is 13.8. The Morgan fingerprint density at radius 3 is 2.39 bits per heavy atom. The van der Waals surface area contributed by atoms with Crippen LogP contribution < -0.4 is 0 Å². The third-order valence-corrected chi connectivity index (χ3v) is 5.44. The monoisotopic (exact) mass is 376 g/mol. The number of nitrogens with zero attached hydrogens (tertiary/aromatic N) is 4. The highest BCUT2D eigenvalue weighted by molar-refractivity contribution is 5.30. The van der Waals surface area contributed by atoms with Gasteiger partial charge >= 0.3 is 0 Å². The SMILES string of the molecule is OCC[C@@H]1CN(Cc2cnn(-c3ccccc3)c2)CCN1Cc1ccccc1. The van der Waals surface area contributed by atoms with E-state index in [0.717, 1.165) is 44.8 Å². The van der Waals surface area contributed by atoms with Crippen LogP contribution in [-0.2, 0) is 13.1 Å². The Labute approximate surface area is 166 Å². The molecule has 0 aliphatic carbocycles. The molecule has 1 fully saturated rings. The maximum absolute atomic E-state index is 9.55. The molecule has 28 heavy (non-hydrogen) atoms. The fraction of sp³-hybridized carbons (Fsp3) is 0.348. The summed E-state index contributed by atoms with van der Waals surface area (Å²) in [5, 5.41) is 14.1. The number of rotatable bonds is 7. The summed E-state index contributed by atoms with van der Waals surface area (Å²) in [6, 6.07) is 21.2. The second-order valence-electron chi connectivity index (χ2n) is 7.49. The highest BCUT2D eigenvalue weighted by Gasteiger charge is 2.26. The molecule has 1 aliphatic rings. The van der Waals surface area contributed by atoms with Crippen LogP contribution in [0.4, 0.5) is 0 Å². The first-order valence-corrected chi connectivity index (χ1v) is 10.0. The molecule has 1 aliphatic heterocycles. The van der Waals surface area contributed by atoms with Gasteiger partial charge in [-0.15, -0.1) is 0 Å². The molecule has 1 N–H and O–H groups in total. The Bertz CT molecular complexity index is 849. The van der Waals surface area contributed by atoms with Crippen molar-refractivity contribution in [1.29, 1.82) is 0 Å². The molecule has 0 bridgehead atoms. The van der Waals surface area contributed by atoms with Gasteiger partial charge in [-0.05, 0) is 24.1 Å². The maximum Gasteiger partial charge on any atom is 0.0645 e. The van der Waals surface area contributed by atoms with Crippen LogP contribution in [0.25, 0.3) is 5.69 Å². The van der Waals surface area contributed by atoms with Crippen molar-refractivity contribution >= 4 is 0 Å². The van der Waals surface area contributed by atoms with E-state index in [1.807, 2.05) is 29.1 Å². The number of piperazine rings is 1. The van der Waals surface area contributed by atoms with Gasteiger partial charge < -0.3 is 5.11 Å². The standard InChI is InChI=1S/C23H28N4O/c28-14-11-23-19-25(12-13-26(23)17-20-7-3-1-4-8-20)16-21-15-24-27(18-21)22-9-5-2-6-10-22/h1-10,15,18,23,28H,11-14,16-17,19H2/t23-/m1/s1. The molecule has 146 valence electrons. The van der Waals surface area contributed by atoms with Crippen LogP contribution in [-0.4, -0.2) is 57.0 Å². The zero-order chi connectivity index (χ0) is 19.2. The molecule has 0 saturated carbocycles. The Kier molecular flexibility index (Phi) is 6.17. The minimum Gasteiger partial charge on any atom is -0.396 e. The largest absolute Gasteiger partial charge is 0.396 e. The van der Waals surface area contributed by atoms with Gasteiger partial charge in [0.2, 0.25) is 0 Å². The van der Waals surface area contributed by atoms with E-state index in [0.29, 0.717) is 6.04 Å². The van der Waals surface area contributed by atoms with Crippen LogP contribution in [0, 0.1) is 0 Å². The summed E-state index contributed by atoms with van der Waals surface area (Å²) in [6.45, 7) is 5.11. The fourth-order valence-electron chi connectivity index (χ4n) is 3.97. The lowest BCUT2D eigenvalue weighted by atomic mass is 10.1. The molecule has 3 aromatic rings. The van der Waals surface area contributed by atoms with Gasteiger partial charge in [0, 0.05) is 57.1 Å². The van der Waals surface area contributed by atoms with E-state index in [-0.39, 0.29) is 6.61 Å². The molecule has 2 heterocycles. The average Bonchev–Trinajstić information content (AvgIpc) is 3.20. The van der Waals surface area contributed by atoms with E-state index in [4.69, 9.17) is 0 Å². The Hall–Kier alpha value is -2.47. The highest BCUT2D eigenvalue weighted by Crippen LogP contribution is 2.19. The minimum atomic E-state index is 0.232. The third kappa shape index (κ3) is 4.68. The number of hydrogen-bond acceptors (Lipinski definition) is 4. The van der Waals surface area contributed by atoms with Gasteiger partial charge in [-0.25, -0.2) is 4.68 Å². The van der Waals surface area contributed by atoms with Crippen LogP contribution in [0.5, 0.6) is 0 Å². The lowest BCUT2D eigenvalue weighted by Crippen LogP contribution is -2.52. The van der Waals surface area contributed by atoms with Crippen LogP contribution in [0.2, 0.25) is 0 Å². The molecular formula is C23H28N4O. The molecule has 0 radical (unpaired) electrons. The van der Waals surface area contributed by atoms with Crippen molar-refractivity contribution in [2.45, 2.75) is 25.6 Å². The van der Waals surface area contributed by atoms with Gasteiger partial charge in [-0.3, -0.25) is 9.80 Å². The van der Waals surface area contributed by atoms with Gasteiger partial charge in [0.1, 0.15) is 0 Å². The molecule has 1 saturated heterocycles. The van der Waals surface area contributed by atoms with Crippen molar-refractivity contribution in [1.82, 2.24) is 19.6 Å². The smallest absolute Gasteiger partial charge is 0.0645 e. The van der Waals surface area contributed by atoms with Crippen molar-refractivity contribution in [2.75, 3.05) is 26.2 Å². The number of aromatic nitrogens is 2. The average molecular weight is 377 g/mol. The zero-order valence-corrected chi connectivity index (χ0v) is 16.2. The normalized spacial score (nSPS) is 18.4. The predicted molar refractivity (Wildman–Crippen MR) is 111 cm³/mol. The quantitative estimate of drug-likeness (QED) is 0.689. The number of benzene rings is 2. The summed E-state index contributed by atoms with van der Waals surface area (Å²) < 4.78 is 1.94. The van der Waals surface area contributed by atoms with Crippen molar-refractivity contribution in [3.8, 4) is 5.69 Å². The third-order valence-electron chi connectivity index (χ3n) is 5.44. The van der Waals surface area contributed by atoms with E-state index >= 15 is 0 Å². The van der Waals surface area contributed by atoms with Gasteiger partial charge in [0.05, 0.1) is 11.9 Å². The second-order valence-corrected chi connectivity index (χ2v) is 7.49. The van der Waals surface area contributed by atoms with Crippen molar-refractivity contribution in [2.24, 2.45) is 0 Å². The Balaban J connectivity index is 1.38. The van der Waals surface area contributed by atoms with E-state index in [1.165, 1.54) is 11.1 Å². The van der Waals surface area contributed by atoms with E-state index in [1.54, 1.807) is 0 Å². The molecule has 0 unspecified atom stereocenters. The van der Waals surface area contributed by atoms with Crippen LogP contribution in [0.1, 0.15) is 17.5 Å². The Morgan fingerprint density at radius 2 is 1.64 bits per heavy atom. The molecule has 4 rings (SSSR count). The van der Waals surface area contributed by atoms with Gasteiger partial charge in [0.15, 0.2) is 0 Å². The lowest BCUT2D eigenvalue weighted by Gasteiger charge is -2.41. The lowest BCUT2D eigenvalue weighted by molar-refractivity contribution is 0.0500. The zero-order valence-electron chi connectivity index (χ0n) is 16.2. The summed E-state index contributed by atoms with van der Waals surface area (Å²) in [5.74, 6) is 0. The molecule has 2 aromatic carbocycles. The number of aliphatic hydroxyl groups excluding tert-OH is 1. The van der Waals surface area contributed by atoms with Gasteiger partial charge in [-0.1, -0.05) is 48.5 Å². The summed E-state index contributed by atoms with van der Waals surface area (Å²) >= 11 is 0. The molecule has 0 amide bonds. The second kappa shape index (κ2) is 9.15. The van der Waals surface area contributed by atoms with E-state index in [9.17, 15) is 5.11 Å². The summed E-state index contributed by atoms with van der Waals surface area (Å²) in [4.78, 5) is 4.99. The molecular weight excluding hydrogens is 348 g/mol. The van der Waals surface area contributed by atoms with Crippen LogP contribution in [0.3, 0.4) is 0 Å². The van der Waals surface area contributed by atoms with Gasteiger partial charge in [-0.2, -0.15) is 5.10 Å². The molecule has 1 atom stereocenters. The fourth-order valence-corrected chi connectivity index (χ4v) is 3.97.